The molecule has 17 rings (SSSR count). The molecule has 0 amide bonds. The van der Waals surface area contributed by atoms with Crippen molar-refractivity contribution in [2.75, 3.05) is 14.7 Å². The maximum Gasteiger partial charge on any atom is 0.249 e. The number of hydrogen-bond acceptors (Lipinski definition) is 7. The second-order valence-corrected chi connectivity index (χ2v) is 24.4. The SMILES string of the molecule is N#Cc1ccc(N(c2ccccc2)c2ccc3c(c2)N(c2c(-c4ccccc4)cccc2-c2ccccc2)c2cc(-c4ccc5c(c4)oc4ccc6sc7ccccc7c6c45)cc4c2B3c2ccc(N(c3ccccc3)c3ccccc3)cc2S4)cc1. The molecule has 87 heavy (non-hydrogen) atoms. The van der Waals surface area contributed by atoms with Crippen molar-refractivity contribution in [1.82, 2.24) is 0 Å². The van der Waals surface area contributed by atoms with Gasteiger partial charge in [0, 0.05) is 97.4 Å². The summed E-state index contributed by atoms with van der Waals surface area (Å²) >= 11 is 3.70. The van der Waals surface area contributed by atoms with Crippen molar-refractivity contribution in [3.8, 4) is 39.4 Å². The molecular formula is C79H49BN4OS2. The van der Waals surface area contributed by atoms with Gasteiger partial charge >= 0.3 is 0 Å². The van der Waals surface area contributed by atoms with Gasteiger partial charge in [0.25, 0.3) is 0 Å². The van der Waals surface area contributed by atoms with Crippen LogP contribution in [0.2, 0.25) is 0 Å². The van der Waals surface area contributed by atoms with Crippen molar-refractivity contribution < 1.29 is 4.42 Å². The number of benzene rings is 13. The number of furan rings is 1. The second-order valence-electron chi connectivity index (χ2n) is 22.2. The Kier molecular flexibility index (Phi) is 12.1. The van der Waals surface area contributed by atoms with Crippen LogP contribution < -0.4 is 31.1 Å². The van der Waals surface area contributed by atoms with Crippen molar-refractivity contribution >= 4 is 139 Å². The summed E-state index contributed by atoms with van der Waals surface area (Å²) < 4.78 is 9.48. The van der Waals surface area contributed by atoms with Crippen LogP contribution in [0.5, 0.6) is 0 Å². The van der Waals surface area contributed by atoms with Gasteiger partial charge in [-0.25, -0.2) is 0 Å². The summed E-state index contributed by atoms with van der Waals surface area (Å²) in [5.74, 6) is 0. The van der Waals surface area contributed by atoms with E-state index in [9.17, 15) is 5.26 Å². The third-order valence-electron chi connectivity index (χ3n) is 17.3. The van der Waals surface area contributed by atoms with Gasteiger partial charge in [-0.15, -0.1) is 11.3 Å². The second kappa shape index (κ2) is 20.8. The molecule has 0 spiro atoms. The molecule has 5 nitrogen and oxygen atoms in total. The van der Waals surface area contributed by atoms with Gasteiger partial charge in [0.15, 0.2) is 0 Å². The van der Waals surface area contributed by atoms with E-state index in [1.807, 2.05) is 35.2 Å². The Morgan fingerprint density at radius 2 is 0.954 bits per heavy atom. The monoisotopic (exact) mass is 1140 g/mol. The molecule has 0 aliphatic carbocycles. The number of nitrogens with zero attached hydrogens (tertiary/aromatic N) is 4. The maximum absolute atomic E-state index is 10.0. The Hall–Kier alpha value is -10.8. The Bertz CT molecular complexity index is 5120. The van der Waals surface area contributed by atoms with Crippen LogP contribution in [0, 0.1) is 11.3 Å². The number of para-hydroxylation sites is 4. The molecule has 0 radical (unpaired) electrons. The molecule has 2 aliphatic rings. The molecule has 15 aromatic rings. The van der Waals surface area contributed by atoms with Crippen LogP contribution in [0.25, 0.3) is 75.5 Å². The largest absolute Gasteiger partial charge is 0.456 e. The smallest absolute Gasteiger partial charge is 0.249 e. The summed E-state index contributed by atoms with van der Waals surface area (Å²) in [6.45, 7) is -0.151. The van der Waals surface area contributed by atoms with Crippen LogP contribution in [-0.2, 0) is 0 Å². The molecule has 406 valence electrons. The van der Waals surface area contributed by atoms with Crippen LogP contribution in [0.15, 0.2) is 311 Å². The van der Waals surface area contributed by atoms with Gasteiger partial charge in [-0.1, -0.05) is 187 Å². The fourth-order valence-electron chi connectivity index (χ4n) is 13.5. The Balaban J connectivity index is 0.955. The van der Waals surface area contributed by atoms with Gasteiger partial charge in [-0.2, -0.15) is 5.26 Å². The maximum atomic E-state index is 10.0. The van der Waals surface area contributed by atoms with Gasteiger partial charge in [0.2, 0.25) is 6.71 Å². The topological polar surface area (TPSA) is 46.7 Å². The highest BCUT2D eigenvalue weighted by Gasteiger charge is 2.43. The first-order valence-electron chi connectivity index (χ1n) is 29.3. The fraction of sp³-hybridized carbons (Fsp3) is 0. The van der Waals surface area contributed by atoms with E-state index in [1.54, 1.807) is 0 Å². The Morgan fingerprint density at radius 3 is 1.60 bits per heavy atom. The number of thiophene rings is 1. The number of fused-ring (bicyclic) bond motifs is 11. The predicted molar refractivity (Wildman–Crippen MR) is 367 cm³/mol. The molecule has 0 N–H and O–H groups in total. The van der Waals surface area contributed by atoms with E-state index in [0.717, 1.165) is 107 Å². The van der Waals surface area contributed by atoms with E-state index < -0.39 is 0 Å². The van der Waals surface area contributed by atoms with Gasteiger partial charge < -0.3 is 19.1 Å². The zero-order valence-corrected chi connectivity index (χ0v) is 48.5. The molecule has 0 atom stereocenters. The van der Waals surface area contributed by atoms with Crippen molar-refractivity contribution in [1.29, 1.82) is 5.26 Å². The number of nitriles is 1. The highest BCUT2D eigenvalue weighted by Crippen LogP contribution is 2.52. The first-order valence-corrected chi connectivity index (χ1v) is 30.9. The summed E-state index contributed by atoms with van der Waals surface area (Å²) in [6, 6.07) is 110. The molecule has 4 heterocycles. The molecule has 0 fully saturated rings. The van der Waals surface area contributed by atoms with Crippen molar-refractivity contribution in [2.24, 2.45) is 0 Å². The minimum absolute atomic E-state index is 0.151. The van der Waals surface area contributed by atoms with Gasteiger partial charge in [0.1, 0.15) is 11.2 Å². The zero-order chi connectivity index (χ0) is 57.5. The highest BCUT2D eigenvalue weighted by molar-refractivity contribution is 8.00. The zero-order valence-electron chi connectivity index (χ0n) is 46.9. The summed E-state index contributed by atoms with van der Waals surface area (Å²) in [4.78, 5) is 9.66. The van der Waals surface area contributed by atoms with Gasteiger partial charge in [0.05, 0.1) is 17.3 Å². The first-order chi connectivity index (χ1) is 43.1. The van der Waals surface area contributed by atoms with Crippen LogP contribution in [0.3, 0.4) is 0 Å². The molecule has 2 aromatic heterocycles. The van der Waals surface area contributed by atoms with E-state index in [0.29, 0.717) is 5.56 Å². The normalized spacial score (nSPS) is 12.3. The van der Waals surface area contributed by atoms with Gasteiger partial charge in [-0.05, 0) is 161 Å². The van der Waals surface area contributed by atoms with E-state index in [1.165, 1.54) is 46.4 Å². The van der Waals surface area contributed by atoms with E-state index >= 15 is 0 Å². The third-order valence-corrected chi connectivity index (χ3v) is 19.6. The molecule has 2 aliphatic heterocycles. The van der Waals surface area contributed by atoms with Gasteiger partial charge in [-0.3, -0.25) is 0 Å². The number of anilines is 9. The summed E-state index contributed by atoms with van der Waals surface area (Å²) in [5.41, 5.74) is 22.2. The minimum atomic E-state index is -0.151. The Labute approximate surface area is 512 Å². The van der Waals surface area contributed by atoms with Crippen molar-refractivity contribution in [3.63, 3.8) is 0 Å². The predicted octanol–water partition coefficient (Wildman–Crippen LogP) is 20.5. The third kappa shape index (κ3) is 8.46. The summed E-state index contributed by atoms with van der Waals surface area (Å²) in [7, 11) is 0. The van der Waals surface area contributed by atoms with Crippen LogP contribution in [-0.4, -0.2) is 6.71 Å². The lowest BCUT2D eigenvalue weighted by Crippen LogP contribution is -2.60. The Morgan fingerprint density at radius 1 is 0.379 bits per heavy atom. The molecule has 13 aromatic carbocycles. The lowest BCUT2D eigenvalue weighted by Gasteiger charge is -2.42. The quantitative estimate of drug-likeness (QED) is 0.127. The summed E-state index contributed by atoms with van der Waals surface area (Å²) in [5, 5.41) is 14.8. The first kappa shape index (κ1) is 50.7. The van der Waals surface area contributed by atoms with Crippen molar-refractivity contribution in [3.05, 3.63) is 303 Å². The fourth-order valence-corrected chi connectivity index (χ4v) is 15.8. The average Bonchev–Trinajstić information content (AvgIpc) is 0.961. The molecule has 0 bridgehead atoms. The molecule has 8 heteroatoms. The van der Waals surface area contributed by atoms with Crippen molar-refractivity contribution in [2.45, 2.75) is 9.79 Å². The van der Waals surface area contributed by atoms with Crippen LogP contribution >= 0.6 is 23.1 Å². The number of rotatable bonds is 10. The van der Waals surface area contributed by atoms with Crippen LogP contribution in [0.1, 0.15) is 5.56 Å². The minimum Gasteiger partial charge on any atom is -0.456 e. The van der Waals surface area contributed by atoms with E-state index in [-0.39, 0.29) is 6.71 Å². The standard InChI is InChI=1S/C79H49BN4OS2/c81-50-51-33-36-59(37-34-51)83(58-27-14-5-15-28-58)60-38-41-66-68(48-60)84(79-62(52-19-6-1-7-20-52)30-18-31-63(79)53-21-8-2-9-22-53)69-45-55(54-35-40-64-71(46-54)85-70-43-44-73-77(76(64)70)65-29-16-17-32-72(65)86-73)47-75-78(69)80(66)67-42-39-61(49-74(67)87-75)82(56-23-10-3-11-24-56)57-25-12-4-13-26-57/h1-49H. The van der Waals surface area contributed by atoms with E-state index in [4.69, 9.17) is 4.42 Å². The highest BCUT2D eigenvalue weighted by atomic mass is 32.2. The number of hydrogen-bond donors (Lipinski definition) is 0. The van der Waals surface area contributed by atoms with E-state index in [2.05, 4.69) is 306 Å². The summed E-state index contributed by atoms with van der Waals surface area (Å²) in [6.07, 6.45) is 0. The average molecular weight is 1150 g/mol. The molecule has 0 saturated carbocycles. The molecule has 0 saturated heterocycles. The lowest BCUT2D eigenvalue weighted by atomic mass is 9.34. The lowest BCUT2D eigenvalue weighted by molar-refractivity contribution is 0.669. The molecule has 0 unspecified atom stereocenters. The molecular weight excluding hydrogens is 1100 g/mol. The van der Waals surface area contributed by atoms with Crippen LogP contribution in [0.4, 0.5) is 51.2 Å².